The lowest BCUT2D eigenvalue weighted by Crippen LogP contribution is -2.60. The zero-order chi connectivity index (χ0) is 53.2. The van der Waals surface area contributed by atoms with Crippen LogP contribution in [0.5, 0.6) is 5.75 Å². The fraction of sp³-hybridized carbons (Fsp3) is 0.480. The predicted octanol–water partition coefficient (Wildman–Crippen LogP) is -0.165. The molecule has 5 rings (SSSR count). The smallest absolute Gasteiger partial charge is 0.326 e. The molecule has 0 spiro atoms. The van der Waals surface area contributed by atoms with E-state index < -0.39 is 102 Å². The van der Waals surface area contributed by atoms with Gasteiger partial charge in [-0.2, -0.15) is 0 Å². The summed E-state index contributed by atoms with van der Waals surface area (Å²) in [7, 11) is 0. The van der Waals surface area contributed by atoms with Crippen molar-refractivity contribution in [2.75, 3.05) is 26.2 Å². The highest BCUT2D eigenvalue weighted by atomic mass is 16.4. The Bertz CT molecular complexity index is 2450. The molecule has 1 aromatic heterocycles. The van der Waals surface area contributed by atoms with Crippen molar-refractivity contribution in [3.63, 3.8) is 0 Å². The molecule has 2 aliphatic heterocycles. The van der Waals surface area contributed by atoms with Gasteiger partial charge in [-0.15, -0.1) is 0 Å². The van der Waals surface area contributed by atoms with Crippen molar-refractivity contribution in [3.05, 3.63) is 95.6 Å². The van der Waals surface area contributed by atoms with Crippen molar-refractivity contribution in [2.45, 2.75) is 114 Å². The Morgan fingerprint density at radius 1 is 0.890 bits per heavy atom. The largest absolute Gasteiger partial charge is 0.508 e. The normalized spacial score (nSPS) is 18.1. The van der Waals surface area contributed by atoms with E-state index in [2.05, 4.69) is 36.2 Å². The van der Waals surface area contributed by atoms with Crippen LogP contribution < -0.4 is 38.5 Å². The maximum atomic E-state index is 14.9. The van der Waals surface area contributed by atoms with E-state index >= 15 is 0 Å². The van der Waals surface area contributed by atoms with Crippen molar-refractivity contribution in [1.29, 1.82) is 0 Å². The molecule has 8 atom stereocenters. The summed E-state index contributed by atoms with van der Waals surface area (Å²) in [6, 6.07) is 7.86. The summed E-state index contributed by atoms with van der Waals surface area (Å²) in [5.41, 5.74) is 19.2. The van der Waals surface area contributed by atoms with E-state index in [9.17, 15) is 53.7 Å². The number of benzene rings is 2. The number of aliphatic carboxylic acids is 2. The quantitative estimate of drug-likeness (QED) is 0.0215. The van der Waals surface area contributed by atoms with E-state index in [0.717, 1.165) is 0 Å². The van der Waals surface area contributed by atoms with Crippen molar-refractivity contribution in [3.8, 4) is 5.75 Å². The molecule has 14 N–H and O–H groups in total. The summed E-state index contributed by atoms with van der Waals surface area (Å²) in [5.74, 6) is -7.78. The van der Waals surface area contributed by atoms with Crippen LogP contribution in [0.25, 0.3) is 0 Å². The van der Waals surface area contributed by atoms with Crippen molar-refractivity contribution < 1.29 is 53.7 Å². The minimum absolute atomic E-state index is 0.0129. The van der Waals surface area contributed by atoms with Crippen molar-refractivity contribution >= 4 is 53.3 Å². The summed E-state index contributed by atoms with van der Waals surface area (Å²) >= 11 is 0. The number of aromatic hydroxyl groups is 1. The summed E-state index contributed by atoms with van der Waals surface area (Å²) in [5, 5.41) is 40.2. The first-order valence-electron chi connectivity index (χ1n) is 24.4. The average molecular weight is 1010 g/mol. The molecule has 0 radical (unpaired) electrons. The molecule has 73 heavy (non-hydrogen) atoms. The van der Waals surface area contributed by atoms with Crippen LogP contribution in [0, 0.1) is 11.8 Å². The standard InChI is InChI=1S/C50H68N12O11/c1-3-29(2)42(46(69)59-38(24-34-27-54-28-57-34)48(71)61-19-8-12-40(61)45(68)60-39(49(72)73)23-30-9-5-4-6-10-30)62-20-17-32(22-33(47(62)70)21-31-13-15-35(63)16-14-31)26-56-44(67)37(11-7-18-55-50(52)53)58-43(66)36(51)25-41(64)65/h4-6,9-10,13-16,22,27-29,33,36-40,42,63H,3,7-8,11-12,17-21,23-26,51H2,1-2H3,(H,54,57)(H,56,67)(H,58,66)(H,59,69)(H,60,68)(H,64,65)(H,72,73)(H4,52,53,55)/t29-,33-,36-,37-,38-,39-,40-,42-/m0/s1. The van der Waals surface area contributed by atoms with Gasteiger partial charge in [-0.25, -0.2) is 9.78 Å². The van der Waals surface area contributed by atoms with Crippen LogP contribution in [-0.2, 0) is 57.6 Å². The number of phenolic OH excluding ortho intramolecular Hbond substituents is 1. The second-order valence-corrected chi connectivity index (χ2v) is 18.5. The summed E-state index contributed by atoms with van der Waals surface area (Å²) in [4.78, 5) is 122. The molecule has 0 unspecified atom stereocenters. The van der Waals surface area contributed by atoms with Crippen LogP contribution in [0.15, 0.2) is 83.8 Å². The number of nitrogens with zero attached hydrogens (tertiary/aromatic N) is 4. The maximum absolute atomic E-state index is 14.9. The van der Waals surface area contributed by atoms with Crippen LogP contribution in [0.2, 0.25) is 0 Å². The van der Waals surface area contributed by atoms with Crippen molar-refractivity contribution in [2.24, 2.45) is 34.0 Å². The van der Waals surface area contributed by atoms with Gasteiger partial charge in [0.15, 0.2) is 5.96 Å². The molecule has 2 aromatic carbocycles. The van der Waals surface area contributed by atoms with Crippen LogP contribution in [0.3, 0.4) is 0 Å². The Hall–Kier alpha value is -7.82. The topological polar surface area (TPSA) is 371 Å². The van der Waals surface area contributed by atoms with Crippen LogP contribution in [0.4, 0.5) is 0 Å². The zero-order valence-corrected chi connectivity index (χ0v) is 41.1. The first-order valence-corrected chi connectivity index (χ1v) is 24.4. The summed E-state index contributed by atoms with van der Waals surface area (Å²) in [6.07, 6.45) is 5.73. The average Bonchev–Trinajstić information content (AvgIpc) is 4.05. The Morgan fingerprint density at radius 3 is 2.25 bits per heavy atom. The number of aromatic amines is 1. The third-order valence-corrected chi connectivity index (χ3v) is 13.0. The lowest BCUT2D eigenvalue weighted by atomic mass is 9.92. The Balaban J connectivity index is 1.39. The second kappa shape index (κ2) is 27.1. The van der Waals surface area contributed by atoms with Gasteiger partial charge >= 0.3 is 11.9 Å². The molecule has 394 valence electrons. The molecular formula is C50H68N12O11. The number of aromatic nitrogens is 2. The number of rotatable bonds is 26. The lowest BCUT2D eigenvalue weighted by Gasteiger charge is -2.37. The van der Waals surface area contributed by atoms with Gasteiger partial charge in [0.2, 0.25) is 35.4 Å². The zero-order valence-electron chi connectivity index (χ0n) is 41.1. The molecule has 1 saturated heterocycles. The molecular weight excluding hydrogens is 945 g/mol. The molecule has 2 aliphatic rings. The van der Waals surface area contributed by atoms with Gasteiger partial charge in [-0.05, 0) is 67.7 Å². The van der Waals surface area contributed by atoms with Gasteiger partial charge in [0.25, 0.3) is 0 Å². The molecule has 3 heterocycles. The Kier molecular flexibility index (Phi) is 20.8. The van der Waals surface area contributed by atoms with E-state index in [1.165, 1.54) is 34.5 Å². The first kappa shape index (κ1) is 56.1. The van der Waals surface area contributed by atoms with E-state index in [4.69, 9.17) is 17.2 Å². The van der Waals surface area contributed by atoms with Gasteiger partial charge in [-0.3, -0.25) is 38.6 Å². The third-order valence-electron chi connectivity index (χ3n) is 13.0. The van der Waals surface area contributed by atoms with Crippen LogP contribution in [0.1, 0.15) is 75.6 Å². The number of nitrogens with one attached hydrogen (secondary N) is 5. The van der Waals surface area contributed by atoms with E-state index in [0.29, 0.717) is 35.2 Å². The van der Waals surface area contributed by atoms with Crippen molar-refractivity contribution in [1.82, 2.24) is 41.0 Å². The number of carbonyl (C=O) groups is 8. The number of aliphatic imine (C=N–C) groups is 1. The Labute approximate surface area is 422 Å². The van der Waals surface area contributed by atoms with E-state index in [1.807, 2.05) is 13.8 Å². The number of hydrogen-bond donors (Lipinski definition) is 11. The molecule has 23 nitrogen and oxygen atoms in total. The number of phenols is 1. The van der Waals surface area contributed by atoms with Gasteiger partial charge in [0.1, 0.15) is 36.0 Å². The fourth-order valence-electron chi connectivity index (χ4n) is 8.96. The third kappa shape index (κ3) is 16.6. The minimum Gasteiger partial charge on any atom is -0.508 e. The highest BCUT2D eigenvalue weighted by Crippen LogP contribution is 2.28. The molecule has 0 aliphatic carbocycles. The number of carbonyl (C=O) groups excluding carboxylic acids is 6. The van der Waals surface area contributed by atoms with Gasteiger partial charge in [0, 0.05) is 50.9 Å². The lowest BCUT2D eigenvalue weighted by molar-refractivity contribution is -0.147. The highest BCUT2D eigenvalue weighted by molar-refractivity contribution is 5.96. The number of imidazole rings is 1. The van der Waals surface area contributed by atoms with E-state index in [-0.39, 0.29) is 82.8 Å². The second-order valence-electron chi connectivity index (χ2n) is 18.5. The van der Waals surface area contributed by atoms with E-state index in [1.54, 1.807) is 48.5 Å². The molecule has 23 heteroatoms. The highest BCUT2D eigenvalue weighted by Gasteiger charge is 2.42. The van der Waals surface area contributed by atoms with Crippen LogP contribution >= 0.6 is 0 Å². The minimum atomic E-state index is -1.44. The summed E-state index contributed by atoms with van der Waals surface area (Å²) < 4.78 is 0. The maximum Gasteiger partial charge on any atom is 0.326 e. The first-order chi connectivity index (χ1) is 34.8. The monoisotopic (exact) mass is 1010 g/mol. The number of likely N-dealkylation sites (tertiary alicyclic amines) is 1. The number of carboxylic acids is 2. The molecule has 1 fully saturated rings. The Morgan fingerprint density at radius 2 is 1.60 bits per heavy atom. The predicted molar refractivity (Wildman–Crippen MR) is 267 cm³/mol. The number of nitrogens with two attached hydrogens (primary N) is 3. The van der Waals surface area contributed by atoms with Gasteiger partial charge in [0.05, 0.1) is 24.7 Å². The fourth-order valence-corrected chi connectivity index (χ4v) is 8.96. The van der Waals surface area contributed by atoms with Gasteiger partial charge < -0.3 is 68.6 Å². The SMILES string of the molecule is CC[C@H](C)[C@@H](C(=O)N[C@@H](Cc1cnc[nH]1)C(=O)N1CCC[C@H]1C(=O)N[C@@H](Cc1ccccc1)C(=O)O)N1CCC(CNC(=O)[C@H](CCCN=C(N)N)NC(=O)[C@@H](N)CC(=O)O)=C[C@H](Cc2ccc(O)cc2)C1=O. The summed E-state index contributed by atoms with van der Waals surface area (Å²) in [6.45, 7) is 3.91. The van der Waals surface area contributed by atoms with Gasteiger partial charge in [-0.1, -0.05) is 74.4 Å². The molecule has 0 bridgehead atoms. The number of amides is 6. The van der Waals surface area contributed by atoms with Crippen LogP contribution in [-0.4, -0.2) is 151 Å². The number of guanidine groups is 1. The molecule has 6 amide bonds. The molecule has 0 saturated carbocycles. The number of hydrogen-bond acceptors (Lipinski definition) is 12. The molecule has 3 aromatic rings. The number of carboxylic acid groups (broad SMARTS) is 2. The number of H-pyrrole nitrogens is 1.